The first kappa shape index (κ1) is 6.83. The molecule has 2 aliphatic rings. The molecule has 11 heavy (non-hydrogen) atoms. The second-order valence-electron chi connectivity index (χ2n) is 3.70. The number of nitrogens with one attached hydrogen (secondary N) is 1. The number of hydrogen-bond donors (Lipinski definition) is 1. The van der Waals surface area contributed by atoms with Crippen molar-refractivity contribution in [3.8, 4) is 0 Å². The van der Waals surface area contributed by atoms with Crippen LogP contribution in [0.2, 0.25) is 0 Å². The summed E-state index contributed by atoms with van der Waals surface area (Å²) in [5.41, 5.74) is -0.132. The van der Waals surface area contributed by atoms with E-state index in [1.807, 2.05) is 6.92 Å². The van der Waals surface area contributed by atoms with E-state index in [2.05, 4.69) is 5.32 Å². The van der Waals surface area contributed by atoms with Crippen LogP contribution in [-0.2, 0) is 9.59 Å². The summed E-state index contributed by atoms with van der Waals surface area (Å²) in [6, 6.07) is 0. The highest BCUT2D eigenvalue weighted by molar-refractivity contribution is 6.02. The van der Waals surface area contributed by atoms with Crippen molar-refractivity contribution >= 4 is 11.8 Å². The van der Waals surface area contributed by atoms with Crippen molar-refractivity contribution in [3.63, 3.8) is 0 Å². The minimum absolute atomic E-state index is 0.0233. The van der Waals surface area contributed by atoms with E-state index in [0.717, 1.165) is 19.3 Å². The number of hydrogen-bond acceptors (Lipinski definition) is 2. The maximum absolute atomic E-state index is 11.2. The van der Waals surface area contributed by atoms with Crippen LogP contribution in [-0.4, -0.2) is 11.8 Å². The molecule has 1 atom stereocenters. The molecule has 0 radical (unpaired) electrons. The molecular formula is C8H11NO2. The minimum Gasteiger partial charge on any atom is -0.296 e. The standard InChI is InChI=1S/C8H11NO2/c1-5-4-8(2-3-8)7(11)9-6(5)10/h5H,2-4H2,1H3,(H,9,10,11). The molecule has 1 aliphatic carbocycles. The van der Waals surface area contributed by atoms with E-state index in [1.54, 1.807) is 0 Å². The van der Waals surface area contributed by atoms with E-state index in [1.165, 1.54) is 0 Å². The number of carbonyl (C=O) groups is 2. The average Bonchev–Trinajstić information content (AvgIpc) is 2.66. The van der Waals surface area contributed by atoms with Gasteiger partial charge in [-0.25, -0.2) is 0 Å². The SMILES string of the molecule is CC1CC2(CC2)C(=O)NC1=O. The Morgan fingerprint density at radius 2 is 2.09 bits per heavy atom. The van der Waals surface area contributed by atoms with Gasteiger partial charge in [-0.05, 0) is 19.3 Å². The molecular weight excluding hydrogens is 142 g/mol. The number of rotatable bonds is 0. The van der Waals surface area contributed by atoms with Crippen molar-refractivity contribution in [2.45, 2.75) is 26.2 Å². The fourth-order valence-electron chi connectivity index (χ4n) is 1.72. The second kappa shape index (κ2) is 1.84. The number of piperidine rings is 1. The van der Waals surface area contributed by atoms with Gasteiger partial charge in [0.25, 0.3) is 0 Å². The van der Waals surface area contributed by atoms with E-state index in [0.29, 0.717) is 0 Å². The van der Waals surface area contributed by atoms with E-state index >= 15 is 0 Å². The molecule has 0 aromatic carbocycles. The number of amides is 2. The Kier molecular flexibility index (Phi) is 1.14. The molecule has 1 N–H and O–H groups in total. The number of imide groups is 1. The van der Waals surface area contributed by atoms with Gasteiger partial charge in [-0.3, -0.25) is 14.9 Å². The van der Waals surface area contributed by atoms with Crippen LogP contribution in [0.3, 0.4) is 0 Å². The highest BCUT2D eigenvalue weighted by Crippen LogP contribution is 2.52. The van der Waals surface area contributed by atoms with Gasteiger partial charge >= 0.3 is 0 Å². The molecule has 3 heteroatoms. The highest BCUT2D eigenvalue weighted by atomic mass is 16.2. The lowest BCUT2D eigenvalue weighted by atomic mass is 9.88. The predicted octanol–water partition coefficient (Wildman–Crippen LogP) is 0.449. The molecule has 2 rings (SSSR count). The van der Waals surface area contributed by atoms with Crippen LogP contribution >= 0.6 is 0 Å². The summed E-state index contributed by atoms with van der Waals surface area (Å²) in [6.45, 7) is 1.88. The summed E-state index contributed by atoms with van der Waals surface area (Å²) in [6.07, 6.45) is 2.70. The third kappa shape index (κ3) is 0.870. The first-order chi connectivity index (χ1) is 5.14. The Morgan fingerprint density at radius 1 is 1.45 bits per heavy atom. The Hall–Kier alpha value is -0.860. The third-order valence-corrected chi connectivity index (χ3v) is 2.72. The van der Waals surface area contributed by atoms with Gasteiger partial charge in [0.1, 0.15) is 0 Å². The van der Waals surface area contributed by atoms with Crippen molar-refractivity contribution < 1.29 is 9.59 Å². The molecule has 3 nitrogen and oxygen atoms in total. The second-order valence-corrected chi connectivity index (χ2v) is 3.70. The van der Waals surface area contributed by atoms with Crippen LogP contribution in [0, 0.1) is 11.3 Å². The molecule has 1 heterocycles. The van der Waals surface area contributed by atoms with E-state index in [9.17, 15) is 9.59 Å². The van der Waals surface area contributed by atoms with E-state index < -0.39 is 0 Å². The average molecular weight is 153 g/mol. The summed E-state index contributed by atoms with van der Waals surface area (Å²) in [5.74, 6) is -0.122. The van der Waals surface area contributed by atoms with Gasteiger partial charge in [0.2, 0.25) is 11.8 Å². The zero-order chi connectivity index (χ0) is 8.06. The summed E-state index contributed by atoms with van der Waals surface area (Å²) < 4.78 is 0. The van der Waals surface area contributed by atoms with Crippen LogP contribution in [0.5, 0.6) is 0 Å². The molecule has 1 aliphatic heterocycles. The molecule has 1 saturated heterocycles. The molecule has 0 aromatic rings. The van der Waals surface area contributed by atoms with Crippen molar-refractivity contribution in [1.29, 1.82) is 0 Å². The monoisotopic (exact) mass is 153 g/mol. The molecule has 0 bridgehead atoms. The van der Waals surface area contributed by atoms with E-state index in [-0.39, 0.29) is 23.1 Å². The first-order valence-electron chi connectivity index (χ1n) is 3.99. The molecule has 1 unspecified atom stereocenters. The smallest absolute Gasteiger partial charge is 0.232 e. The topological polar surface area (TPSA) is 46.2 Å². The van der Waals surface area contributed by atoms with Crippen molar-refractivity contribution in [2.75, 3.05) is 0 Å². The third-order valence-electron chi connectivity index (χ3n) is 2.72. The summed E-state index contributed by atoms with van der Waals surface area (Å²) in [7, 11) is 0. The normalized spacial score (nSPS) is 33.7. The van der Waals surface area contributed by atoms with Crippen molar-refractivity contribution in [1.82, 2.24) is 5.32 Å². The van der Waals surface area contributed by atoms with Gasteiger partial charge in [-0.15, -0.1) is 0 Å². The van der Waals surface area contributed by atoms with Gasteiger partial charge in [0.05, 0.1) is 5.41 Å². The molecule has 1 saturated carbocycles. The van der Waals surface area contributed by atoms with Gasteiger partial charge in [-0.1, -0.05) is 6.92 Å². The van der Waals surface area contributed by atoms with Crippen molar-refractivity contribution in [3.05, 3.63) is 0 Å². The Balaban J connectivity index is 2.18. The molecule has 60 valence electrons. The lowest BCUT2D eigenvalue weighted by Crippen LogP contribution is -2.46. The van der Waals surface area contributed by atoms with Crippen LogP contribution in [0.15, 0.2) is 0 Å². The zero-order valence-electron chi connectivity index (χ0n) is 6.52. The largest absolute Gasteiger partial charge is 0.296 e. The Morgan fingerprint density at radius 3 is 2.64 bits per heavy atom. The fraction of sp³-hybridized carbons (Fsp3) is 0.750. The lowest BCUT2D eigenvalue weighted by molar-refractivity contribution is -0.140. The molecule has 0 aromatic heterocycles. The van der Waals surface area contributed by atoms with E-state index in [4.69, 9.17) is 0 Å². The quantitative estimate of drug-likeness (QED) is 0.513. The first-order valence-corrected chi connectivity index (χ1v) is 3.99. The Labute approximate surface area is 65.2 Å². The Bertz CT molecular complexity index is 230. The fourth-order valence-corrected chi connectivity index (χ4v) is 1.72. The molecule has 2 fully saturated rings. The maximum Gasteiger partial charge on any atom is 0.232 e. The molecule has 1 spiro atoms. The van der Waals surface area contributed by atoms with Gasteiger partial charge in [0.15, 0.2) is 0 Å². The van der Waals surface area contributed by atoms with Crippen LogP contribution in [0.25, 0.3) is 0 Å². The molecule has 2 amide bonds. The predicted molar refractivity (Wildman–Crippen MR) is 38.6 cm³/mol. The maximum atomic E-state index is 11.2. The lowest BCUT2D eigenvalue weighted by Gasteiger charge is -2.24. The number of carbonyl (C=O) groups excluding carboxylic acids is 2. The van der Waals surface area contributed by atoms with Gasteiger partial charge < -0.3 is 0 Å². The van der Waals surface area contributed by atoms with Crippen LogP contribution < -0.4 is 5.32 Å². The summed E-state index contributed by atoms with van der Waals surface area (Å²) >= 11 is 0. The zero-order valence-corrected chi connectivity index (χ0v) is 6.52. The summed E-state index contributed by atoms with van der Waals surface area (Å²) in [5, 5.41) is 2.40. The minimum atomic E-state index is -0.132. The summed E-state index contributed by atoms with van der Waals surface area (Å²) in [4.78, 5) is 22.2. The van der Waals surface area contributed by atoms with Crippen LogP contribution in [0.1, 0.15) is 26.2 Å². The highest BCUT2D eigenvalue weighted by Gasteiger charge is 2.54. The van der Waals surface area contributed by atoms with Crippen molar-refractivity contribution in [2.24, 2.45) is 11.3 Å². The van der Waals surface area contributed by atoms with Crippen LogP contribution in [0.4, 0.5) is 0 Å². The van der Waals surface area contributed by atoms with Gasteiger partial charge in [-0.2, -0.15) is 0 Å². The van der Waals surface area contributed by atoms with Gasteiger partial charge in [0, 0.05) is 5.92 Å².